The Morgan fingerprint density at radius 2 is 2.10 bits per heavy atom. The van der Waals surface area contributed by atoms with Gasteiger partial charge in [-0.1, -0.05) is 12.1 Å². The van der Waals surface area contributed by atoms with Crippen LogP contribution >= 0.6 is 0 Å². The number of carbonyl (C=O) groups is 1. The molecular formula is C20H16F2N6O3. The minimum atomic E-state index is -1.16. The number of aliphatic carboxylic acids is 1. The van der Waals surface area contributed by atoms with Gasteiger partial charge in [-0.05, 0) is 31.2 Å². The molecule has 0 saturated carbocycles. The van der Waals surface area contributed by atoms with Crippen LogP contribution in [-0.2, 0) is 9.63 Å². The van der Waals surface area contributed by atoms with E-state index in [-0.39, 0.29) is 22.3 Å². The molecule has 3 heterocycles. The first-order chi connectivity index (χ1) is 14.9. The lowest BCUT2D eigenvalue weighted by Gasteiger charge is -2.14. The van der Waals surface area contributed by atoms with Crippen LogP contribution in [0.3, 0.4) is 0 Å². The molecule has 11 heteroatoms. The Kier molecular flexibility index (Phi) is 5.24. The van der Waals surface area contributed by atoms with Crippen molar-refractivity contribution in [2.24, 2.45) is 5.16 Å². The third-order valence-electron chi connectivity index (χ3n) is 4.70. The number of fused-ring (bicyclic) bond motifs is 2. The van der Waals surface area contributed by atoms with Crippen LogP contribution in [0.2, 0.25) is 0 Å². The minimum Gasteiger partial charge on any atom is -0.479 e. The highest BCUT2D eigenvalue weighted by atomic mass is 19.1. The number of hydrogen-bond acceptors (Lipinski definition) is 7. The Morgan fingerprint density at radius 3 is 2.87 bits per heavy atom. The topological polar surface area (TPSA) is 115 Å². The number of aromatic nitrogens is 5. The molecule has 0 spiro atoms. The van der Waals surface area contributed by atoms with Crippen LogP contribution in [0.25, 0.3) is 16.6 Å². The lowest BCUT2D eigenvalue weighted by Crippen LogP contribution is -2.12. The van der Waals surface area contributed by atoms with Gasteiger partial charge < -0.3 is 9.94 Å². The van der Waals surface area contributed by atoms with Gasteiger partial charge in [0.2, 0.25) is 6.61 Å². The Bertz CT molecular complexity index is 1340. The van der Waals surface area contributed by atoms with Crippen molar-refractivity contribution in [3.8, 4) is 0 Å². The maximum absolute atomic E-state index is 15.1. The molecule has 0 saturated heterocycles. The summed E-state index contributed by atoms with van der Waals surface area (Å²) in [6, 6.07) is 7.50. The SMILES string of the molecule is C/C(=N\OCC(=O)O)c1ccc2nnc([C@@H](C)c3c(F)cc4ncccc4c3F)n2n1. The highest BCUT2D eigenvalue weighted by Crippen LogP contribution is 2.31. The van der Waals surface area contributed by atoms with E-state index in [1.165, 1.54) is 22.8 Å². The molecule has 158 valence electrons. The van der Waals surface area contributed by atoms with E-state index < -0.39 is 30.1 Å². The molecule has 0 aliphatic heterocycles. The largest absolute Gasteiger partial charge is 0.479 e. The number of rotatable bonds is 6. The lowest BCUT2D eigenvalue weighted by atomic mass is 9.97. The summed E-state index contributed by atoms with van der Waals surface area (Å²) < 4.78 is 31.3. The number of halogens is 2. The first-order valence-electron chi connectivity index (χ1n) is 9.20. The summed E-state index contributed by atoms with van der Waals surface area (Å²) in [5, 5.41) is 25.0. The fourth-order valence-corrected chi connectivity index (χ4v) is 3.19. The zero-order valence-corrected chi connectivity index (χ0v) is 16.5. The maximum atomic E-state index is 15.1. The summed E-state index contributed by atoms with van der Waals surface area (Å²) >= 11 is 0. The first kappa shape index (κ1) is 20.3. The highest BCUT2D eigenvalue weighted by molar-refractivity contribution is 5.96. The fraction of sp³-hybridized carbons (Fsp3) is 0.200. The summed E-state index contributed by atoms with van der Waals surface area (Å²) in [7, 11) is 0. The van der Waals surface area contributed by atoms with E-state index in [0.29, 0.717) is 17.1 Å². The summed E-state index contributed by atoms with van der Waals surface area (Å²) in [6.45, 7) is 2.59. The molecule has 3 aromatic heterocycles. The number of oxime groups is 1. The first-order valence-corrected chi connectivity index (χ1v) is 9.20. The highest BCUT2D eigenvalue weighted by Gasteiger charge is 2.25. The second-order valence-corrected chi connectivity index (χ2v) is 6.77. The van der Waals surface area contributed by atoms with Gasteiger partial charge in [-0.15, -0.1) is 10.2 Å². The average Bonchev–Trinajstić information content (AvgIpc) is 3.16. The van der Waals surface area contributed by atoms with Crippen LogP contribution in [-0.4, -0.2) is 48.2 Å². The molecule has 0 unspecified atom stereocenters. The standard InChI is InChI=1S/C20H16F2N6O3/c1-10(18-13(21)8-15-12(19(18)22)4-3-7-23-15)20-25-24-16-6-5-14(26-28(16)20)11(2)27-31-9-17(29)30/h3-8,10H,9H2,1-2H3,(H,29,30)/b27-11+/t10-/m0/s1. The predicted octanol–water partition coefficient (Wildman–Crippen LogP) is 2.93. The molecule has 0 aliphatic rings. The minimum absolute atomic E-state index is 0.169. The Morgan fingerprint density at radius 1 is 1.29 bits per heavy atom. The molecule has 31 heavy (non-hydrogen) atoms. The molecule has 1 aromatic carbocycles. The second-order valence-electron chi connectivity index (χ2n) is 6.77. The van der Waals surface area contributed by atoms with Gasteiger partial charge in [-0.2, -0.15) is 9.61 Å². The average molecular weight is 426 g/mol. The summed E-state index contributed by atoms with van der Waals surface area (Å²) in [5.74, 6) is -3.23. The molecule has 0 fully saturated rings. The van der Waals surface area contributed by atoms with E-state index in [1.807, 2.05) is 0 Å². The van der Waals surface area contributed by atoms with Crippen LogP contribution in [0.15, 0.2) is 41.7 Å². The van der Waals surface area contributed by atoms with Crippen molar-refractivity contribution in [1.82, 2.24) is 24.8 Å². The molecule has 4 rings (SSSR count). The normalized spacial score (nSPS) is 13.0. The number of nitrogens with zero attached hydrogens (tertiary/aromatic N) is 6. The third-order valence-corrected chi connectivity index (χ3v) is 4.70. The van der Waals surface area contributed by atoms with Crippen molar-refractivity contribution in [3.05, 3.63) is 65.2 Å². The van der Waals surface area contributed by atoms with Gasteiger partial charge in [0.25, 0.3) is 0 Å². The van der Waals surface area contributed by atoms with E-state index >= 15 is 4.39 Å². The number of benzene rings is 1. The molecule has 0 radical (unpaired) electrons. The van der Waals surface area contributed by atoms with Crippen LogP contribution < -0.4 is 0 Å². The predicted molar refractivity (Wildman–Crippen MR) is 106 cm³/mol. The van der Waals surface area contributed by atoms with Crippen molar-refractivity contribution in [3.63, 3.8) is 0 Å². The molecule has 9 nitrogen and oxygen atoms in total. The van der Waals surface area contributed by atoms with Crippen molar-refractivity contribution in [2.45, 2.75) is 19.8 Å². The molecule has 4 aromatic rings. The van der Waals surface area contributed by atoms with Gasteiger partial charge in [0.1, 0.15) is 23.0 Å². The number of hydrogen-bond donors (Lipinski definition) is 1. The zero-order valence-electron chi connectivity index (χ0n) is 16.5. The van der Waals surface area contributed by atoms with E-state index in [0.717, 1.165) is 0 Å². The zero-order chi connectivity index (χ0) is 22.1. The summed E-state index contributed by atoms with van der Waals surface area (Å²) in [6.07, 6.45) is 1.46. The van der Waals surface area contributed by atoms with Crippen molar-refractivity contribution in [1.29, 1.82) is 0 Å². The van der Waals surface area contributed by atoms with Crippen LogP contribution in [0.5, 0.6) is 0 Å². The van der Waals surface area contributed by atoms with Gasteiger partial charge >= 0.3 is 5.97 Å². The Balaban J connectivity index is 1.76. The Labute approximate surface area is 174 Å². The lowest BCUT2D eigenvalue weighted by molar-refractivity contribution is -0.142. The number of pyridine rings is 1. The van der Waals surface area contributed by atoms with Gasteiger partial charge in [-0.3, -0.25) is 4.98 Å². The van der Waals surface area contributed by atoms with Gasteiger partial charge in [-0.25, -0.2) is 13.6 Å². The van der Waals surface area contributed by atoms with Crippen molar-refractivity contribution >= 4 is 28.2 Å². The fourth-order valence-electron chi connectivity index (χ4n) is 3.19. The third kappa shape index (κ3) is 3.77. The second kappa shape index (κ2) is 8.01. The van der Waals surface area contributed by atoms with Crippen molar-refractivity contribution in [2.75, 3.05) is 6.61 Å². The van der Waals surface area contributed by atoms with Gasteiger partial charge in [0, 0.05) is 29.1 Å². The molecule has 1 N–H and O–H groups in total. The summed E-state index contributed by atoms with van der Waals surface area (Å²) in [5.41, 5.74) is 1.08. The molecule has 1 atom stereocenters. The Hall–Kier alpha value is -4.02. The van der Waals surface area contributed by atoms with Crippen molar-refractivity contribution < 1.29 is 23.5 Å². The smallest absolute Gasteiger partial charge is 0.344 e. The van der Waals surface area contributed by atoms with Gasteiger partial charge in [0.15, 0.2) is 11.5 Å². The number of carboxylic acid groups (broad SMARTS) is 1. The number of carboxylic acids is 1. The monoisotopic (exact) mass is 426 g/mol. The quantitative estimate of drug-likeness (QED) is 0.372. The molecule has 0 aliphatic carbocycles. The molecule has 0 amide bonds. The summed E-state index contributed by atoms with van der Waals surface area (Å²) in [4.78, 5) is 19.3. The van der Waals surface area contributed by atoms with E-state index in [9.17, 15) is 9.18 Å². The molecular weight excluding hydrogens is 410 g/mol. The van der Waals surface area contributed by atoms with E-state index in [1.54, 1.807) is 32.0 Å². The van der Waals surface area contributed by atoms with E-state index in [4.69, 9.17) is 9.94 Å². The molecule has 0 bridgehead atoms. The van der Waals surface area contributed by atoms with E-state index in [2.05, 4.69) is 25.4 Å². The van der Waals surface area contributed by atoms with Gasteiger partial charge in [0.05, 0.1) is 5.52 Å². The van der Waals surface area contributed by atoms with Crippen LogP contribution in [0.4, 0.5) is 8.78 Å². The van der Waals surface area contributed by atoms with Crippen LogP contribution in [0, 0.1) is 11.6 Å². The van der Waals surface area contributed by atoms with Crippen LogP contribution in [0.1, 0.15) is 36.8 Å². The maximum Gasteiger partial charge on any atom is 0.344 e.